The highest BCUT2D eigenvalue weighted by atomic mass is 28.4. The molecule has 0 heterocycles. The molecule has 0 saturated heterocycles. The van der Waals surface area contributed by atoms with Crippen LogP contribution in [0, 0.1) is 5.92 Å². The van der Waals surface area contributed by atoms with Gasteiger partial charge in [-0.25, -0.2) is 0 Å². The molecule has 6 heteroatoms. The zero-order valence-electron chi connectivity index (χ0n) is 21.6. The SMILES string of the molecule is COC(=O)CC(C(=O)OC)/C(=C/C(O[Si](C)(C)C)(c1ccccc1)c1ccccc1)c1ccccc1. The molecule has 0 aliphatic rings. The normalized spacial score (nSPS) is 13.1. The zero-order valence-corrected chi connectivity index (χ0v) is 22.6. The molecule has 0 saturated carbocycles. The van der Waals surface area contributed by atoms with Crippen LogP contribution in [0.25, 0.3) is 5.57 Å². The first-order valence-electron chi connectivity index (χ1n) is 11.9. The molecule has 3 aromatic carbocycles. The van der Waals surface area contributed by atoms with Crippen molar-refractivity contribution < 1.29 is 23.5 Å². The van der Waals surface area contributed by atoms with Crippen molar-refractivity contribution in [2.45, 2.75) is 31.7 Å². The predicted octanol–water partition coefficient (Wildman–Crippen LogP) is 6.22. The summed E-state index contributed by atoms with van der Waals surface area (Å²) < 4.78 is 17.1. The second kappa shape index (κ2) is 12.0. The number of methoxy groups -OCH3 is 2. The molecule has 0 aliphatic carbocycles. The first-order chi connectivity index (χ1) is 17.2. The highest BCUT2D eigenvalue weighted by Crippen LogP contribution is 2.42. The predicted molar refractivity (Wildman–Crippen MR) is 145 cm³/mol. The fraction of sp³-hybridized carbons (Fsp3) is 0.267. The Morgan fingerprint density at radius 1 is 0.778 bits per heavy atom. The number of hydrogen-bond acceptors (Lipinski definition) is 5. The van der Waals surface area contributed by atoms with Crippen LogP contribution < -0.4 is 0 Å². The lowest BCUT2D eigenvalue weighted by molar-refractivity contribution is -0.149. The standard InChI is InChI=1S/C30H34O5Si/c1-33-28(31)21-26(29(32)34-2)27(23-15-9-6-10-16-23)22-30(35-36(3,4)5,24-17-11-7-12-18-24)25-19-13-8-14-20-25/h6-20,22,26H,21H2,1-5H3/b27-22+. The molecule has 0 bridgehead atoms. The third kappa shape index (κ3) is 6.59. The molecule has 1 unspecified atom stereocenters. The van der Waals surface area contributed by atoms with Crippen LogP contribution in [-0.4, -0.2) is 34.5 Å². The van der Waals surface area contributed by atoms with Crippen molar-refractivity contribution in [3.63, 3.8) is 0 Å². The number of carbonyl (C=O) groups is 2. The number of rotatable bonds is 10. The summed E-state index contributed by atoms with van der Waals surface area (Å²) in [4.78, 5) is 25.6. The second-order valence-electron chi connectivity index (χ2n) is 9.50. The van der Waals surface area contributed by atoms with E-state index >= 15 is 0 Å². The monoisotopic (exact) mass is 502 g/mol. The average Bonchev–Trinajstić information content (AvgIpc) is 2.90. The Bertz CT molecular complexity index is 1130. The summed E-state index contributed by atoms with van der Waals surface area (Å²) in [5.74, 6) is -1.90. The van der Waals surface area contributed by atoms with Crippen LogP contribution in [0.2, 0.25) is 19.6 Å². The lowest BCUT2D eigenvalue weighted by Crippen LogP contribution is -2.41. The lowest BCUT2D eigenvalue weighted by Gasteiger charge is -2.39. The maximum absolute atomic E-state index is 13.1. The molecule has 3 rings (SSSR count). The van der Waals surface area contributed by atoms with Crippen molar-refractivity contribution in [3.05, 3.63) is 114 Å². The molecule has 1 atom stereocenters. The van der Waals surface area contributed by atoms with Gasteiger partial charge in [-0.05, 0) is 48.0 Å². The van der Waals surface area contributed by atoms with Gasteiger partial charge >= 0.3 is 11.9 Å². The van der Waals surface area contributed by atoms with E-state index in [1.165, 1.54) is 14.2 Å². The molecule has 188 valence electrons. The smallest absolute Gasteiger partial charge is 0.313 e. The van der Waals surface area contributed by atoms with E-state index in [1.807, 2.05) is 97.1 Å². The summed E-state index contributed by atoms with van der Waals surface area (Å²) in [5.41, 5.74) is 2.27. The molecule has 5 nitrogen and oxygen atoms in total. The minimum Gasteiger partial charge on any atom is -0.469 e. The van der Waals surface area contributed by atoms with Gasteiger partial charge in [0.05, 0.1) is 26.6 Å². The van der Waals surface area contributed by atoms with Crippen LogP contribution in [0.15, 0.2) is 97.1 Å². The maximum Gasteiger partial charge on any atom is 0.313 e. The lowest BCUT2D eigenvalue weighted by atomic mass is 9.80. The molecule has 0 aromatic heterocycles. The molecule has 0 radical (unpaired) electrons. The largest absolute Gasteiger partial charge is 0.469 e. The number of carbonyl (C=O) groups excluding carboxylic acids is 2. The summed E-state index contributed by atoms with van der Waals surface area (Å²) in [7, 11) is 0.456. The van der Waals surface area contributed by atoms with Crippen molar-refractivity contribution in [1.29, 1.82) is 0 Å². The third-order valence-corrected chi connectivity index (χ3v) is 6.73. The van der Waals surface area contributed by atoms with Crippen LogP contribution in [0.4, 0.5) is 0 Å². The van der Waals surface area contributed by atoms with Crippen molar-refractivity contribution >= 4 is 25.8 Å². The average molecular weight is 503 g/mol. The Labute approximate surface area is 214 Å². The minimum atomic E-state index is -2.19. The van der Waals surface area contributed by atoms with Gasteiger partial charge in [0.2, 0.25) is 0 Å². The number of esters is 2. The van der Waals surface area contributed by atoms with Gasteiger partial charge in [-0.15, -0.1) is 0 Å². The van der Waals surface area contributed by atoms with Crippen molar-refractivity contribution in [2.75, 3.05) is 14.2 Å². The molecule has 0 N–H and O–H groups in total. The highest BCUT2D eigenvalue weighted by Gasteiger charge is 2.40. The van der Waals surface area contributed by atoms with E-state index < -0.39 is 31.8 Å². The van der Waals surface area contributed by atoms with E-state index in [0.29, 0.717) is 5.57 Å². The van der Waals surface area contributed by atoms with E-state index in [2.05, 4.69) is 19.6 Å². The van der Waals surface area contributed by atoms with Gasteiger partial charge in [0.15, 0.2) is 8.32 Å². The third-order valence-electron chi connectivity index (χ3n) is 5.80. The Morgan fingerprint density at radius 3 is 1.67 bits per heavy atom. The summed E-state index contributed by atoms with van der Waals surface area (Å²) in [6, 6.07) is 29.5. The van der Waals surface area contributed by atoms with Gasteiger partial charge in [0, 0.05) is 0 Å². The molecule has 0 fully saturated rings. The van der Waals surface area contributed by atoms with Gasteiger partial charge in [0.25, 0.3) is 0 Å². The molecule has 0 spiro atoms. The van der Waals surface area contributed by atoms with E-state index in [4.69, 9.17) is 13.9 Å². The van der Waals surface area contributed by atoms with Crippen LogP contribution in [-0.2, 0) is 29.1 Å². The summed E-state index contributed by atoms with van der Waals surface area (Å²) in [5, 5.41) is 0. The summed E-state index contributed by atoms with van der Waals surface area (Å²) >= 11 is 0. The topological polar surface area (TPSA) is 61.8 Å². The molecule has 3 aromatic rings. The van der Waals surface area contributed by atoms with Crippen LogP contribution >= 0.6 is 0 Å². The van der Waals surface area contributed by atoms with E-state index in [1.54, 1.807) is 0 Å². The Kier molecular flexibility index (Phi) is 9.01. The van der Waals surface area contributed by atoms with Crippen LogP contribution in [0.3, 0.4) is 0 Å². The van der Waals surface area contributed by atoms with Crippen LogP contribution in [0.1, 0.15) is 23.1 Å². The molecular formula is C30H34O5Si. The quantitative estimate of drug-likeness (QED) is 0.243. The van der Waals surface area contributed by atoms with Crippen molar-refractivity contribution in [3.8, 4) is 0 Å². The second-order valence-corrected chi connectivity index (χ2v) is 13.9. The van der Waals surface area contributed by atoms with Gasteiger partial charge < -0.3 is 13.9 Å². The summed E-state index contributed by atoms with van der Waals surface area (Å²) in [6.07, 6.45) is 1.84. The first kappa shape index (κ1) is 27.1. The van der Waals surface area contributed by atoms with E-state index in [-0.39, 0.29) is 6.42 Å². The number of ether oxygens (including phenoxy) is 2. The Hall–Kier alpha value is -3.48. The fourth-order valence-electron chi connectivity index (χ4n) is 4.28. The van der Waals surface area contributed by atoms with E-state index in [0.717, 1.165) is 16.7 Å². The van der Waals surface area contributed by atoms with Gasteiger partial charge in [0.1, 0.15) is 5.60 Å². The molecule has 0 amide bonds. The number of benzene rings is 3. The van der Waals surface area contributed by atoms with E-state index in [9.17, 15) is 9.59 Å². The van der Waals surface area contributed by atoms with Crippen molar-refractivity contribution in [2.24, 2.45) is 5.92 Å². The zero-order chi connectivity index (χ0) is 26.2. The highest BCUT2D eigenvalue weighted by molar-refractivity contribution is 6.69. The summed E-state index contributed by atoms with van der Waals surface area (Å²) in [6.45, 7) is 6.40. The Balaban J connectivity index is 2.42. The maximum atomic E-state index is 13.1. The fourth-order valence-corrected chi connectivity index (χ4v) is 5.54. The Morgan fingerprint density at radius 2 is 1.25 bits per heavy atom. The van der Waals surface area contributed by atoms with Gasteiger partial charge in [-0.1, -0.05) is 91.0 Å². The van der Waals surface area contributed by atoms with Crippen molar-refractivity contribution in [1.82, 2.24) is 0 Å². The first-order valence-corrected chi connectivity index (χ1v) is 15.3. The molecule has 0 aliphatic heterocycles. The molecule has 36 heavy (non-hydrogen) atoms. The van der Waals surface area contributed by atoms with Gasteiger partial charge in [-0.3, -0.25) is 9.59 Å². The number of hydrogen-bond donors (Lipinski definition) is 0. The minimum absolute atomic E-state index is 0.156. The molecular weight excluding hydrogens is 468 g/mol. The van der Waals surface area contributed by atoms with Crippen LogP contribution in [0.5, 0.6) is 0 Å². The van der Waals surface area contributed by atoms with Gasteiger partial charge in [-0.2, -0.15) is 0 Å².